The van der Waals surface area contributed by atoms with Crippen molar-refractivity contribution in [3.8, 4) is 0 Å². The third-order valence-electron chi connectivity index (χ3n) is 2.38. The molecule has 1 rings (SSSR count). The van der Waals surface area contributed by atoms with E-state index in [0.717, 1.165) is 4.90 Å². The highest BCUT2D eigenvalue weighted by atomic mass is 35.5. The number of amides is 2. The molecule has 19 heavy (non-hydrogen) atoms. The molecule has 0 aliphatic carbocycles. The fourth-order valence-corrected chi connectivity index (χ4v) is 1.77. The Kier molecular flexibility index (Phi) is 5.72. The highest BCUT2D eigenvalue weighted by Gasteiger charge is 2.15. The van der Waals surface area contributed by atoms with Gasteiger partial charge in [-0.3, -0.25) is 20.4 Å². The maximum Gasteiger partial charge on any atom is 0.293 e. The first kappa shape index (κ1) is 15.4. The summed E-state index contributed by atoms with van der Waals surface area (Å²) >= 11 is 5.90. The minimum absolute atomic E-state index is 0.0882. The van der Waals surface area contributed by atoms with Gasteiger partial charge in [0.2, 0.25) is 5.91 Å². The standard InChI is InChI=1S/C12H15ClFN3O2/c1-8(18)15-16-12(19)7-17(2)6-9-10(13)4-3-5-11(9)14/h3-5H,6-7H2,1-2H3,(H,15,18)(H,16,19)/p+1. The number of likely N-dealkylation sites (N-methyl/N-ethyl adjacent to an activating group) is 1. The lowest BCUT2D eigenvalue weighted by Crippen LogP contribution is -3.09. The zero-order chi connectivity index (χ0) is 14.4. The molecule has 0 aromatic heterocycles. The average molecular weight is 289 g/mol. The van der Waals surface area contributed by atoms with E-state index in [-0.39, 0.29) is 24.9 Å². The van der Waals surface area contributed by atoms with Gasteiger partial charge in [-0.15, -0.1) is 0 Å². The topological polar surface area (TPSA) is 62.6 Å². The van der Waals surface area contributed by atoms with E-state index in [0.29, 0.717) is 10.6 Å². The van der Waals surface area contributed by atoms with E-state index in [1.165, 1.54) is 19.1 Å². The van der Waals surface area contributed by atoms with Crippen LogP contribution >= 0.6 is 11.6 Å². The molecular weight excluding hydrogens is 273 g/mol. The molecule has 7 heteroatoms. The molecule has 0 spiro atoms. The van der Waals surface area contributed by atoms with Crippen LogP contribution in [0.2, 0.25) is 5.02 Å². The van der Waals surface area contributed by atoms with Gasteiger partial charge in [0.05, 0.1) is 17.6 Å². The summed E-state index contributed by atoms with van der Waals surface area (Å²) in [6.07, 6.45) is 0. The summed E-state index contributed by atoms with van der Waals surface area (Å²) in [6.45, 7) is 1.65. The van der Waals surface area contributed by atoms with Crippen LogP contribution in [0.1, 0.15) is 12.5 Å². The number of hydrogen-bond acceptors (Lipinski definition) is 2. The lowest BCUT2D eigenvalue weighted by Gasteiger charge is -2.15. The second-order valence-electron chi connectivity index (χ2n) is 4.24. The van der Waals surface area contributed by atoms with Gasteiger partial charge in [0.1, 0.15) is 12.4 Å². The zero-order valence-electron chi connectivity index (χ0n) is 10.7. The largest absolute Gasteiger partial charge is 0.326 e. The van der Waals surface area contributed by atoms with Gasteiger partial charge in [-0.2, -0.15) is 0 Å². The quantitative estimate of drug-likeness (QED) is 0.664. The lowest BCUT2D eigenvalue weighted by molar-refractivity contribution is -0.885. The highest BCUT2D eigenvalue weighted by Crippen LogP contribution is 2.17. The van der Waals surface area contributed by atoms with Gasteiger partial charge < -0.3 is 4.90 Å². The minimum Gasteiger partial charge on any atom is -0.326 e. The number of nitrogens with one attached hydrogen (secondary N) is 3. The van der Waals surface area contributed by atoms with Crippen molar-refractivity contribution < 1.29 is 18.9 Å². The number of halogens is 2. The zero-order valence-corrected chi connectivity index (χ0v) is 11.5. The normalized spacial score (nSPS) is 11.8. The van der Waals surface area contributed by atoms with Gasteiger partial charge in [-0.05, 0) is 12.1 Å². The summed E-state index contributed by atoms with van der Waals surface area (Å²) in [5, 5.41) is 0.335. The first-order chi connectivity index (χ1) is 8.90. The fraction of sp³-hybridized carbons (Fsp3) is 0.333. The Morgan fingerprint density at radius 3 is 2.63 bits per heavy atom. The van der Waals surface area contributed by atoms with Gasteiger partial charge in [0.25, 0.3) is 5.91 Å². The molecule has 0 radical (unpaired) electrons. The molecule has 0 bridgehead atoms. The Morgan fingerprint density at radius 1 is 1.37 bits per heavy atom. The van der Waals surface area contributed by atoms with Crippen LogP contribution in [0.3, 0.4) is 0 Å². The van der Waals surface area contributed by atoms with E-state index >= 15 is 0 Å². The molecule has 1 aromatic carbocycles. The van der Waals surface area contributed by atoms with Crippen molar-refractivity contribution >= 4 is 23.4 Å². The number of quaternary nitrogens is 1. The van der Waals surface area contributed by atoms with Crippen molar-refractivity contribution in [2.45, 2.75) is 13.5 Å². The smallest absolute Gasteiger partial charge is 0.293 e. The van der Waals surface area contributed by atoms with Gasteiger partial charge in [-0.25, -0.2) is 4.39 Å². The molecule has 5 nitrogen and oxygen atoms in total. The Labute approximate surface area is 115 Å². The van der Waals surface area contributed by atoms with Gasteiger partial charge in [0, 0.05) is 6.92 Å². The van der Waals surface area contributed by atoms with E-state index in [9.17, 15) is 14.0 Å². The second-order valence-corrected chi connectivity index (χ2v) is 4.65. The van der Waals surface area contributed by atoms with Crippen molar-refractivity contribution in [2.75, 3.05) is 13.6 Å². The van der Waals surface area contributed by atoms with Crippen molar-refractivity contribution in [1.29, 1.82) is 0 Å². The van der Waals surface area contributed by atoms with Crippen molar-refractivity contribution in [3.63, 3.8) is 0 Å². The molecule has 0 saturated heterocycles. The molecule has 1 atom stereocenters. The predicted molar refractivity (Wildman–Crippen MR) is 68.8 cm³/mol. The number of carbonyl (C=O) groups is 2. The molecule has 3 N–H and O–H groups in total. The van der Waals surface area contributed by atoms with Crippen molar-refractivity contribution in [1.82, 2.24) is 10.9 Å². The highest BCUT2D eigenvalue weighted by molar-refractivity contribution is 6.31. The van der Waals surface area contributed by atoms with E-state index in [1.54, 1.807) is 13.1 Å². The van der Waals surface area contributed by atoms with Crippen LogP contribution in [0.25, 0.3) is 0 Å². The number of hydrogen-bond donors (Lipinski definition) is 3. The van der Waals surface area contributed by atoms with Gasteiger partial charge in [-0.1, -0.05) is 17.7 Å². The maximum atomic E-state index is 13.5. The van der Waals surface area contributed by atoms with E-state index in [4.69, 9.17) is 11.6 Å². The van der Waals surface area contributed by atoms with Crippen LogP contribution < -0.4 is 15.8 Å². The van der Waals surface area contributed by atoms with Crippen LogP contribution in [0, 0.1) is 5.82 Å². The summed E-state index contributed by atoms with van der Waals surface area (Å²) in [7, 11) is 1.73. The van der Waals surface area contributed by atoms with Crippen LogP contribution in [0.4, 0.5) is 4.39 Å². The molecular formula is C12H16ClFN3O2+. The van der Waals surface area contributed by atoms with Gasteiger partial charge in [0.15, 0.2) is 6.54 Å². The molecule has 0 heterocycles. The van der Waals surface area contributed by atoms with E-state index in [2.05, 4.69) is 10.9 Å². The van der Waals surface area contributed by atoms with Crippen LogP contribution in [-0.4, -0.2) is 25.4 Å². The van der Waals surface area contributed by atoms with E-state index in [1.807, 2.05) is 0 Å². The first-order valence-electron chi connectivity index (χ1n) is 5.69. The summed E-state index contributed by atoms with van der Waals surface area (Å²) in [5.41, 5.74) is 4.80. The molecule has 2 amide bonds. The van der Waals surface area contributed by atoms with Crippen molar-refractivity contribution in [2.24, 2.45) is 0 Å². The summed E-state index contributed by atoms with van der Waals surface area (Å²) in [4.78, 5) is 22.8. The van der Waals surface area contributed by atoms with Gasteiger partial charge >= 0.3 is 0 Å². The molecule has 104 valence electrons. The van der Waals surface area contributed by atoms with Crippen molar-refractivity contribution in [3.05, 3.63) is 34.6 Å². The van der Waals surface area contributed by atoms with Crippen LogP contribution in [0.5, 0.6) is 0 Å². The number of carbonyl (C=O) groups excluding carboxylic acids is 2. The molecule has 1 unspecified atom stereocenters. The molecule has 0 fully saturated rings. The minimum atomic E-state index is -0.394. The number of hydrazine groups is 1. The predicted octanol–water partition coefficient (Wildman–Crippen LogP) is -0.339. The summed E-state index contributed by atoms with van der Waals surface area (Å²) in [6, 6.07) is 4.45. The lowest BCUT2D eigenvalue weighted by atomic mass is 10.2. The summed E-state index contributed by atoms with van der Waals surface area (Å²) in [5.74, 6) is -1.11. The van der Waals surface area contributed by atoms with Crippen LogP contribution in [0.15, 0.2) is 18.2 Å². The maximum absolute atomic E-state index is 13.5. The molecule has 0 aliphatic rings. The fourth-order valence-electron chi connectivity index (χ4n) is 1.54. The monoisotopic (exact) mass is 288 g/mol. The Balaban J connectivity index is 2.53. The molecule has 0 saturated carbocycles. The average Bonchev–Trinajstić information content (AvgIpc) is 2.31. The third kappa shape index (κ3) is 5.23. The Morgan fingerprint density at radius 2 is 2.05 bits per heavy atom. The SMILES string of the molecule is CC(=O)NNC(=O)C[NH+](C)Cc1c(F)cccc1Cl. The van der Waals surface area contributed by atoms with Crippen LogP contribution in [-0.2, 0) is 16.1 Å². The third-order valence-corrected chi connectivity index (χ3v) is 2.73. The number of benzene rings is 1. The second kappa shape index (κ2) is 7.06. The summed E-state index contributed by atoms with van der Waals surface area (Å²) < 4.78 is 13.5. The first-order valence-corrected chi connectivity index (χ1v) is 6.07. The Hall–Kier alpha value is -1.66. The molecule has 0 aliphatic heterocycles. The molecule has 1 aromatic rings. The Bertz CT molecular complexity index is 462. The number of rotatable bonds is 4. The van der Waals surface area contributed by atoms with E-state index < -0.39 is 5.82 Å².